The van der Waals surface area contributed by atoms with E-state index in [1.54, 1.807) is 0 Å². The molecule has 0 spiro atoms. The maximum atomic E-state index is 15.6. The first-order valence-corrected chi connectivity index (χ1v) is 36.3. The van der Waals surface area contributed by atoms with Gasteiger partial charge < -0.3 is 75.3 Å². The van der Waals surface area contributed by atoms with Crippen LogP contribution in [-0.2, 0) is 60.8 Å². The summed E-state index contributed by atoms with van der Waals surface area (Å²) in [5.74, 6) is -3.94. The van der Waals surface area contributed by atoms with Gasteiger partial charge in [-0.15, -0.1) is 0 Å². The summed E-state index contributed by atoms with van der Waals surface area (Å²) in [6, 6.07) is 6.61. The Morgan fingerprint density at radius 3 is 0.906 bits per heavy atom. The zero-order chi connectivity index (χ0) is 67.7. The van der Waals surface area contributed by atoms with Crippen LogP contribution in [0, 0.1) is 46.3 Å². The van der Waals surface area contributed by atoms with Gasteiger partial charge in [-0.05, 0) is 227 Å². The highest BCUT2D eigenvalue weighted by atomic mass is 16.2. The Bertz CT molecular complexity index is 2840. The van der Waals surface area contributed by atoms with Crippen molar-refractivity contribution in [2.75, 3.05) is 39.3 Å². The Morgan fingerprint density at radius 2 is 0.615 bits per heavy atom. The minimum atomic E-state index is -1.23. The van der Waals surface area contributed by atoms with Crippen LogP contribution in [0.1, 0.15) is 165 Å². The summed E-state index contributed by atoms with van der Waals surface area (Å²) < 4.78 is 0. The number of fused-ring (bicyclic) bond motifs is 2. The first kappa shape index (κ1) is 70.3. The second-order valence-electron chi connectivity index (χ2n) is 30.3. The minimum absolute atomic E-state index is 0.0285. The summed E-state index contributed by atoms with van der Waals surface area (Å²) in [5.41, 5.74) is 24.6. The monoisotopic (exact) mass is 1330 g/mol. The lowest BCUT2D eigenvalue weighted by Gasteiger charge is -2.59. The van der Waals surface area contributed by atoms with E-state index in [1.807, 2.05) is 60.7 Å². The molecule has 3 saturated heterocycles. The zero-order valence-corrected chi connectivity index (χ0v) is 55.9. The third-order valence-corrected chi connectivity index (χ3v) is 23.3. The summed E-state index contributed by atoms with van der Waals surface area (Å²) in [4.78, 5) is 156. The lowest BCUT2D eigenvalue weighted by atomic mass is 9.47. The molecule has 11 aliphatic rings. The summed E-state index contributed by atoms with van der Waals surface area (Å²) >= 11 is 0. The molecular weight excluding hydrogens is 1220 g/mol. The summed E-state index contributed by atoms with van der Waals surface area (Å²) in [6.07, 6.45) is 13.3. The fraction of sp³-hybridized carbons (Fsp3) is 0.694. The number of hydrogen-bond acceptors (Lipinski definition) is 14. The molecule has 3 aliphatic heterocycles. The highest BCUT2D eigenvalue weighted by Gasteiger charge is 2.59. The molecule has 2 unspecified atom stereocenters. The van der Waals surface area contributed by atoms with Crippen molar-refractivity contribution < 1.29 is 47.9 Å². The van der Waals surface area contributed by atoms with Crippen LogP contribution in [0.3, 0.4) is 0 Å². The van der Waals surface area contributed by atoms with Gasteiger partial charge in [-0.25, -0.2) is 0 Å². The smallest absolute Gasteiger partial charge is 0.246 e. The van der Waals surface area contributed by atoms with E-state index in [0.29, 0.717) is 113 Å². The normalized spacial score (nSPS) is 35.6. The fourth-order valence-corrected chi connectivity index (χ4v) is 19.6. The number of benzene rings is 2. The topological polar surface area (TPSA) is 377 Å². The van der Waals surface area contributed by atoms with Crippen molar-refractivity contribution in [2.45, 2.75) is 227 Å². The van der Waals surface area contributed by atoms with E-state index < -0.39 is 130 Å². The van der Waals surface area contributed by atoms with E-state index >= 15 is 47.9 Å². The van der Waals surface area contributed by atoms with E-state index in [2.05, 4.69) is 42.5 Å². The maximum Gasteiger partial charge on any atom is 0.246 e. The van der Waals surface area contributed by atoms with Crippen LogP contribution in [0.5, 0.6) is 0 Å². The second kappa shape index (κ2) is 31.7. The standard InChI is InChI=1S/C72H106N14O10/c73-23-7-17-51-61(87)81-55(35-43-13-3-1-4-14-43)69(95)85-27-11-21-57(85)65(91)77-53(19-9-25-75)63(89)84-60(72-40-48-32-49(41-72)34-50(33-48)42-72)68(94)80-52(18-8-24-74)62(88)82-56(36-44-15-5-2-6-16-44)70(96)86-28-12-22-58(86)66(92)78-54(20-10-26-76)64(90)83-59(67(93)79-51)71-37-45-29-46(38-71)31-47(30-45)39-71/h1-6,13-16,45-60H,7-12,17-42,73-76H2,(H,77,91)(H,78,92)(H,79,93)(H,80,94)(H,81,87)(H,82,88)(H,83,90)(H,84,89)/t45?,46?,47?,48?,49?,50?,51-,52-,53-,54-,55+,56+,57-,58-,59?,60?,71?,72?/m0/s1. The Morgan fingerprint density at radius 1 is 0.344 bits per heavy atom. The van der Waals surface area contributed by atoms with Gasteiger partial charge in [0.2, 0.25) is 59.1 Å². The molecule has 8 aliphatic carbocycles. The van der Waals surface area contributed by atoms with E-state index in [0.717, 1.165) is 49.7 Å². The number of nitrogens with two attached hydrogens (primary N) is 4. The summed E-state index contributed by atoms with van der Waals surface area (Å²) in [7, 11) is 0. The predicted octanol–water partition coefficient (Wildman–Crippen LogP) is 1.73. The molecule has 24 heteroatoms. The van der Waals surface area contributed by atoms with E-state index in [1.165, 1.54) is 9.80 Å². The molecule has 8 saturated carbocycles. The van der Waals surface area contributed by atoms with E-state index in [-0.39, 0.29) is 90.6 Å². The first-order chi connectivity index (χ1) is 46.4. The molecule has 0 aromatic heterocycles. The largest absolute Gasteiger partial charge is 0.343 e. The van der Waals surface area contributed by atoms with Crippen molar-refractivity contribution in [3.8, 4) is 0 Å². The molecule has 0 radical (unpaired) electrons. The molecule has 16 N–H and O–H groups in total. The highest BCUT2D eigenvalue weighted by Crippen LogP contribution is 2.63. The average Bonchev–Trinajstić information content (AvgIpc) is 0.806. The number of nitrogens with zero attached hydrogens (tertiary/aromatic N) is 2. The fourth-order valence-electron chi connectivity index (χ4n) is 19.6. The maximum absolute atomic E-state index is 15.6. The molecule has 8 bridgehead atoms. The predicted molar refractivity (Wildman–Crippen MR) is 360 cm³/mol. The van der Waals surface area contributed by atoms with Crippen LogP contribution in [0.2, 0.25) is 0 Å². The van der Waals surface area contributed by atoms with Gasteiger partial charge in [0.25, 0.3) is 0 Å². The minimum Gasteiger partial charge on any atom is -0.343 e. The Kier molecular flexibility index (Phi) is 23.2. The lowest BCUT2D eigenvalue weighted by Crippen LogP contribution is -2.66. The summed E-state index contributed by atoms with van der Waals surface area (Å²) in [5, 5.41) is 24.5. The van der Waals surface area contributed by atoms with Crippen LogP contribution in [-0.4, -0.2) is 169 Å². The van der Waals surface area contributed by atoms with Gasteiger partial charge >= 0.3 is 0 Å². The van der Waals surface area contributed by atoms with E-state index in [4.69, 9.17) is 22.9 Å². The zero-order valence-electron chi connectivity index (χ0n) is 55.9. The Balaban J connectivity index is 0.963. The third-order valence-electron chi connectivity index (χ3n) is 23.3. The van der Waals surface area contributed by atoms with Crippen LogP contribution in [0.15, 0.2) is 60.7 Å². The van der Waals surface area contributed by atoms with Gasteiger partial charge in [0.15, 0.2) is 0 Å². The van der Waals surface area contributed by atoms with Crippen LogP contribution >= 0.6 is 0 Å². The molecule has 524 valence electrons. The number of hydrogen-bond donors (Lipinski definition) is 12. The Labute approximate surface area is 564 Å². The number of nitrogens with one attached hydrogen (secondary N) is 8. The van der Waals surface area contributed by atoms with Gasteiger partial charge in [0.1, 0.15) is 60.4 Å². The molecule has 11 fully saturated rings. The van der Waals surface area contributed by atoms with Gasteiger partial charge in [-0.1, -0.05) is 60.7 Å². The van der Waals surface area contributed by atoms with Crippen LogP contribution in [0.4, 0.5) is 0 Å². The van der Waals surface area contributed by atoms with Crippen molar-refractivity contribution >= 4 is 59.1 Å². The number of rotatable bonds is 18. The first-order valence-electron chi connectivity index (χ1n) is 36.3. The van der Waals surface area contributed by atoms with Crippen molar-refractivity contribution in [2.24, 2.45) is 69.3 Å². The van der Waals surface area contributed by atoms with Gasteiger partial charge in [-0.3, -0.25) is 47.9 Å². The van der Waals surface area contributed by atoms with Crippen molar-refractivity contribution in [1.29, 1.82) is 0 Å². The second-order valence-corrected chi connectivity index (χ2v) is 30.3. The van der Waals surface area contributed by atoms with Crippen molar-refractivity contribution in [3.05, 3.63) is 71.8 Å². The molecule has 3 heterocycles. The van der Waals surface area contributed by atoms with Crippen molar-refractivity contribution in [1.82, 2.24) is 52.3 Å². The van der Waals surface area contributed by atoms with Gasteiger partial charge in [0, 0.05) is 36.8 Å². The lowest BCUT2D eigenvalue weighted by molar-refractivity contribution is -0.146. The number of carbonyl (C=O) groups is 10. The van der Waals surface area contributed by atoms with Gasteiger partial charge in [0.05, 0.1) is 0 Å². The average molecular weight is 1330 g/mol. The quantitative estimate of drug-likeness (QED) is 0.101. The van der Waals surface area contributed by atoms with Crippen LogP contribution in [0.25, 0.3) is 0 Å². The Hall–Kier alpha value is -7.02. The summed E-state index contributed by atoms with van der Waals surface area (Å²) in [6.45, 7) is 1.05. The van der Waals surface area contributed by atoms with Crippen LogP contribution < -0.4 is 65.5 Å². The SMILES string of the molecule is NCCC[C@@H]1NC(=O)C(C23CC4CC(CC(C4)C2)C3)NC(=O)[C@H](CCCN)NC(=O)[C@@H]2CCCN2C(=O)[C@@H](Cc2ccccc2)NC(=O)[C@H](CCCN)NC(=O)C(C23CC4CC(CC(C4)C2)C3)NC(=O)[C@H](CCCN)NC(=O)[C@@H]2CCCN2C(=O)[C@@H](Cc2ccccc2)NC1=O. The van der Waals surface area contributed by atoms with E-state index in [9.17, 15) is 0 Å². The van der Waals surface area contributed by atoms with Crippen molar-refractivity contribution in [3.63, 3.8) is 0 Å². The molecule has 2 aromatic carbocycles. The number of carbonyl (C=O) groups excluding carboxylic acids is 10. The molecule has 10 atom stereocenters. The highest BCUT2D eigenvalue weighted by molar-refractivity contribution is 6.00. The molecule has 96 heavy (non-hydrogen) atoms. The molecule has 24 nitrogen and oxygen atoms in total. The van der Waals surface area contributed by atoms with Gasteiger partial charge in [-0.2, -0.15) is 0 Å². The molecule has 13 rings (SSSR count). The molecule has 10 amide bonds. The third kappa shape index (κ3) is 16.2. The number of amides is 10. The molecular formula is C72H106N14O10. The molecule has 2 aromatic rings.